The average molecular weight is 319 g/mol. The van der Waals surface area contributed by atoms with Gasteiger partial charge in [0.05, 0.1) is 10.2 Å². The number of nitrogens with zero attached hydrogens (tertiary/aromatic N) is 1. The van der Waals surface area contributed by atoms with Gasteiger partial charge in [-0.1, -0.05) is 41.7 Å². The lowest BCUT2D eigenvalue weighted by Crippen LogP contribution is -2.11. The zero-order valence-corrected chi connectivity index (χ0v) is 12.9. The van der Waals surface area contributed by atoms with E-state index in [4.69, 9.17) is 5.73 Å². The number of nitrogens with one attached hydrogen (secondary N) is 1. The molecule has 3 aromatic carbocycles. The molecule has 1 aromatic heterocycles. The minimum atomic E-state index is -0.187. The quantitative estimate of drug-likeness (QED) is 0.542. The first-order chi connectivity index (χ1) is 11.2. The summed E-state index contributed by atoms with van der Waals surface area (Å²) in [6.07, 6.45) is 0. The van der Waals surface area contributed by atoms with Crippen molar-refractivity contribution >= 4 is 49.1 Å². The van der Waals surface area contributed by atoms with E-state index in [9.17, 15) is 4.79 Å². The Morgan fingerprint density at radius 1 is 1.00 bits per heavy atom. The van der Waals surface area contributed by atoms with Crippen LogP contribution in [0.3, 0.4) is 0 Å². The fourth-order valence-electron chi connectivity index (χ4n) is 2.51. The standard InChI is InChI=1S/C18H13N3OS/c19-13-8-5-12(6-9-13)17(22)21-18-20-15-10-7-11-3-1-2-4-14(11)16(15)23-18/h1-10H,19H2,(H,20,21,22). The molecule has 4 rings (SSSR count). The van der Waals surface area contributed by atoms with Crippen LogP contribution < -0.4 is 11.1 Å². The lowest BCUT2D eigenvalue weighted by atomic mass is 10.1. The summed E-state index contributed by atoms with van der Waals surface area (Å²) >= 11 is 1.49. The van der Waals surface area contributed by atoms with Crippen molar-refractivity contribution in [1.82, 2.24) is 4.98 Å². The molecular formula is C18H13N3OS. The maximum Gasteiger partial charge on any atom is 0.257 e. The normalized spacial score (nSPS) is 11.0. The van der Waals surface area contributed by atoms with Crippen LogP contribution in [0.4, 0.5) is 10.8 Å². The largest absolute Gasteiger partial charge is 0.399 e. The van der Waals surface area contributed by atoms with Crippen molar-refractivity contribution in [2.45, 2.75) is 0 Å². The molecule has 23 heavy (non-hydrogen) atoms. The minimum absolute atomic E-state index is 0.187. The van der Waals surface area contributed by atoms with E-state index < -0.39 is 0 Å². The highest BCUT2D eigenvalue weighted by molar-refractivity contribution is 7.23. The number of carbonyl (C=O) groups excluding carboxylic acids is 1. The maximum absolute atomic E-state index is 12.3. The van der Waals surface area contributed by atoms with Crippen LogP contribution in [-0.4, -0.2) is 10.9 Å². The van der Waals surface area contributed by atoms with Crippen LogP contribution in [0.25, 0.3) is 21.0 Å². The molecule has 3 N–H and O–H groups in total. The first-order valence-electron chi connectivity index (χ1n) is 7.16. The van der Waals surface area contributed by atoms with Gasteiger partial charge in [-0.3, -0.25) is 10.1 Å². The molecule has 5 heteroatoms. The van der Waals surface area contributed by atoms with Crippen molar-refractivity contribution in [3.05, 3.63) is 66.2 Å². The molecule has 0 bridgehead atoms. The molecule has 0 aliphatic carbocycles. The van der Waals surface area contributed by atoms with E-state index in [0.717, 1.165) is 15.6 Å². The zero-order valence-electron chi connectivity index (χ0n) is 12.1. The SMILES string of the molecule is Nc1ccc(C(=O)Nc2nc3ccc4ccccc4c3s2)cc1. The summed E-state index contributed by atoms with van der Waals surface area (Å²) in [7, 11) is 0. The molecule has 0 atom stereocenters. The third kappa shape index (κ3) is 2.51. The number of carbonyl (C=O) groups is 1. The fourth-order valence-corrected chi connectivity index (χ4v) is 3.51. The van der Waals surface area contributed by atoms with E-state index in [1.165, 1.54) is 16.7 Å². The number of nitrogen functional groups attached to an aromatic ring is 1. The Morgan fingerprint density at radius 2 is 1.78 bits per heavy atom. The number of nitrogens with two attached hydrogens (primary N) is 1. The van der Waals surface area contributed by atoms with Crippen molar-refractivity contribution in [3.8, 4) is 0 Å². The summed E-state index contributed by atoms with van der Waals surface area (Å²) in [6.45, 7) is 0. The van der Waals surface area contributed by atoms with Crippen LogP contribution in [0.5, 0.6) is 0 Å². The lowest BCUT2D eigenvalue weighted by Gasteiger charge is -2.01. The molecular weight excluding hydrogens is 306 g/mol. The molecule has 0 fully saturated rings. The maximum atomic E-state index is 12.3. The number of anilines is 2. The molecule has 0 radical (unpaired) electrons. The van der Waals surface area contributed by atoms with E-state index in [2.05, 4.69) is 22.4 Å². The van der Waals surface area contributed by atoms with Crippen molar-refractivity contribution in [2.75, 3.05) is 11.1 Å². The van der Waals surface area contributed by atoms with Crippen LogP contribution >= 0.6 is 11.3 Å². The highest BCUT2D eigenvalue weighted by Crippen LogP contribution is 2.32. The number of hydrogen-bond acceptors (Lipinski definition) is 4. The number of amides is 1. The second kappa shape index (κ2) is 5.37. The smallest absolute Gasteiger partial charge is 0.257 e. The van der Waals surface area contributed by atoms with Crippen molar-refractivity contribution in [2.24, 2.45) is 0 Å². The molecule has 0 saturated heterocycles. The zero-order chi connectivity index (χ0) is 15.8. The molecule has 0 saturated carbocycles. The van der Waals surface area contributed by atoms with Crippen LogP contribution in [0.15, 0.2) is 60.7 Å². The number of hydrogen-bond donors (Lipinski definition) is 2. The average Bonchev–Trinajstić information content (AvgIpc) is 2.98. The number of benzene rings is 3. The van der Waals surface area contributed by atoms with Crippen molar-refractivity contribution < 1.29 is 4.79 Å². The molecule has 0 aliphatic rings. The molecule has 1 heterocycles. The van der Waals surface area contributed by atoms with Gasteiger partial charge in [0.15, 0.2) is 5.13 Å². The van der Waals surface area contributed by atoms with Crippen LogP contribution in [0.1, 0.15) is 10.4 Å². The first-order valence-corrected chi connectivity index (χ1v) is 7.97. The Balaban J connectivity index is 1.70. The van der Waals surface area contributed by atoms with Crippen molar-refractivity contribution in [1.29, 1.82) is 0 Å². The second-order valence-corrected chi connectivity index (χ2v) is 6.23. The summed E-state index contributed by atoms with van der Waals surface area (Å²) in [6, 6.07) is 19.0. The fraction of sp³-hybridized carbons (Fsp3) is 0. The van der Waals surface area contributed by atoms with Gasteiger partial charge in [0.1, 0.15) is 0 Å². The molecule has 0 spiro atoms. The van der Waals surface area contributed by atoms with Gasteiger partial charge in [0, 0.05) is 16.6 Å². The monoisotopic (exact) mass is 319 g/mol. The Kier molecular flexibility index (Phi) is 3.20. The molecule has 4 aromatic rings. The Hall–Kier alpha value is -2.92. The highest BCUT2D eigenvalue weighted by Gasteiger charge is 2.11. The third-order valence-corrected chi connectivity index (χ3v) is 4.69. The summed E-state index contributed by atoms with van der Waals surface area (Å²) < 4.78 is 1.08. The predicted molar refractivity (Wildman–Crippen MR) is 95.9 cm³/mol. The molecule has 4 nitrogen and oxygen atoms in total. The van der Waals surface area contributed by atoms with Gasteiger partial charge in [-0.2, -0.15) is 0 Å². The predicted octanol–water partition coefficient (Wildman–Crippen LogP) is 4.28. The number of fused-ring (bicyclic) bond motifs is 3. The van der Waals surface area contributed by atoms with Gasteiger partial charge in [-0.15, -0.1) is 0 Å². The van der Waals surface area contributed by atoms with Crippen LogP contribution in [0.2, 0.25) is 0 Å². The number of rotatable bonds is 2. The lowest BCUT2D eigenvalue weighted by molar-refractivity contribution is 0.102. The highest BCUT2D eigenvalue weighted by atomic mass is 32.1. The Bertz CT molecular complexity index is 1020. The van der Waals surface area contributed by atoms with Crippen molar-refractivity contribution in [3.63, 3.8) is 0 Å². The number of aromatic nitrogens is 1. The van der Waals surface area contributed by atoms with Gasteiger partial charge in [-0.25, -0.2) is 4.98 Å². The van der Waals surface area contributed by atoms with Gasteiger partial charge >= 0.3 is 0 Å². The van der Waals surface area contributed by atoms with E-state index in [1.807, 2.05) is 24.3 Å². The summed E-state index contributed by atoms with van der Waals surface area (Å²) in [5.41, 5.74) is 7.72. The molecule has 0 unspecified atom stereocenters. The Morgan fingerprint density at radius 3 is 2.61 bits per heavy atom. The Labute approximate surface area is 136 Å². The molecule has 1 amide bonds. The van der Waals surface area contributed by atoms with Crippen LogP contribution in [0, 0.1) is 0 Å². The molecule has 0 aliphatic heterocycles. The van der Waals surface area contributed by atoms with Gasteiger partial charge in [-0.05, 0) is 35.7 Å². The summed E-state index contributed by atoms with van der Waals surface area (Å²) in [5.74, 6) is -0.187. The first kappa shape index (κ1) is 13.7. The van der Waals surface area contributed by atoms with Crippen LogP contribution in [-0.2, 0) is 0 Å². The second-order valence-electron chi connectivity index (χ2n) is 5.23. The van der Waals surface area contributed by atoms with E-state index in [1.54, 1.807) is 24.3 Å². The van der Waals surface area contributed by atoms with E-state index in [0.29, 0.717) is 16.4 Å². The van der Waals surface area contributed by atoms with Gasteiger partial charge in [0.25, 0.3) is 5.91 Å². The minimum Gasteiger partial charge on any atom is -0.399 e. The van der Waals surface area contributed by atoms with Gasteiger partial charge < -0.3 is 5.73 Å². The number of thiazole rings is 1. The van der Waals surface area contributed by atoms with Gasteiger partial charge in [0.2, 0.25) is 0 Å². The van der Waals surface area contributed by atoms with E-state index in [-0.39, 0.29) is 5.91 Å². The summed E-state index contributed by atoms with van der Waals surface area (Å²) in [4.78, 5) is 16.8. The topological polar surface area (TPSA) is 68.0 Å². The van der Waals surface area contributed by atoms with E-state index >= 15 is 0 Å². The molecule has 112 valence electrons. The third-order valence-electron chi connectivity index (χ3n) is 3.67. The summed E-state index contributed by atoms with van der Waals surface area (Å²) in [5, 5.41) is 5.77.